The van der Waals surface area contributed by atoms with Crippen molar-refractivity contribution in [2.75, 3.05) is 26.7 Å². The third kappa shape index (κ3) is 6.46. The van der Waals surface area contributed by atoms with Gasteiger partial charge in [-0.2, -0.15) is 0 Å². The molecule has 1 aliphatic carbocycles. The normalized spacial score (nSPS) is 18.2. The Hall–Kier alpha value is -0.120. The largest absolute Gasteiger partial charge is 0.389 e. The Balaban J connectivity index is 2.26. The fourth-order valence-corrected chi connectivity index (χ4v) is 2.21. The zero-order valence-corrected chi connectivity index (χ0v) is 11.5. The van der Waals surface area contributed by atoms with E-state index in [-0.39, 0.29) is 5.41 Å². The van der Waals surface area contributed by atoms with E-state index in [1.54, 1.807) is 0 Å². The minimum atomic E-state index is -0.602. The molecule has 0 amide bonds. The van der Waals surface area contributed by atoms with E-state index < -0.39 is 5.60 Å². The summed E-state index contributed by atoms with van der Waals surface area (Å²) in [5, 5.41) is 13.3. The van der Waals surface area contributed by atoms with E-state index in [9.17, 15) is 5.11 Å². The van der Waals surface area contributed by atoms with Gasteiger partial charge in [-0.25, -0.2) is 0 Å². The van der Waals surface area contributed by atoms with Crippen LogP contribution in [0.3, 0.4) is 0 Å². The first kappa shape index (κ1) is 13.9. The Labute approximate surface area is 100 Å². The third-order valence-corrected chi connectivity index (χ3v) is 2.80. The van der Waals surface area contributed by atoms with Crippen LogP contribution in [0.5, 0.6) is 0 Å². The van der Waals surface area contributed by atoms with Gasteiger partial charge in [-0.1, -0.05) is 13.8 Å². The molecular weight excluding hydrogens is 200 g/mol. The average Bonchev–Trinajstić information content (AvgIpc) is 2.77. The number of nitrogens with zero attached hydrogens (tertiary/aromatic N) is 1. The molecule has 3 nitrogen and oxygen atoms in total. The second kappa shape index (κ2) is 5.03. The lowest BCUT2D eigenvalue weighted by Gasteiger charge is -2.33. The number of rotatable bonds is 7. The quantitative estimate of drug-likeness (QED) is 0.692. The highest BCUT2D eigenvalue weighted by Crippen LogP contribution is 2.22. The second-order valence-electron chi connectivity index (χ2n) is 6.80. The zero-order chi connectivity index (χ0) is 12.4. The molecule has 0 radical (unpaired) electrons. The van der Waals surface area contributed by atoms with Gasteiger partial charge in [0.2, 0.25) is 0 Å². The van der Waals surface area contributed by atoms with Gasteiger partial charge in [0.05, 0.1) is 5.60 Å². The summed E-state index contributed by atoms with van der Waals surface area (Å²) in [6.45, 7) is 11.1. The van der Waals surface area contributed by atoms with Crippen molar-refractivity contribution in [2.45, 2.75) is 52.2 Å². The Bertz CT molecular complexity index is 216. The van der Waals surface area contributed by atoms with Gasteiger partial charge in [-0.3, -0.25) is 0 Å². The molecule has 0 saturated heterocycles. The monoisotopic (exact) mass is 228 g/mol. The summed E-state index contributed by atoms with van der Waals surface area (Å²) in [4.78, 5) is 2.22. The molecule has 0 aliphatic heterocycles. The van der Waals surface area contributed by atoms with Crippen LogP contribution in [0.15, 0.2) is 0 Å². The molecular formula is C13H28N2O. The van der Waals surface area contributed by atoms with Crippen LogP contribution < -0.4 is 5.32 Å². The van der Waals surface area contributed by atoms with Crippen LogP contribution in [0.25, 0.3) is 0 Å². The Morgan fingerprint density at radius 3 is 2.19 bits per heavy atom. The van der Waals surface area contributed by atoms with Gasteiger partial charge in [0.1, 0.15) is 0 Å². The molecule has 1 rings (SSSR count). The van der Waals surface area contributed by atoms with E-state index in [0.717, 1.165) is 25.7 Å². The fourth-order valence-electron chi connectivity index (χ4n) is 2.21. The number of nitrogens with one attached hydrogen (secondary N) is 1. The maximum atomic E-state index is 9.76. The lowest BCUT2D eigenvalue weighted by molar-refractivity contribution is 0.0340. The highest BCUT2D eigenvalue weighted by Gasteiger charge is 2.27. The molecule has 0 unspecified atom stereocenters. The SMILES string of the molecule is CN(CC(C)(C)O)CC(C)(C)CNC1CC1. The van der Waals surface area contributed by atoms with Gasteiger partial charge in [-0.05, 0) is 39.2 Å². The van der Waals surface area contributed by atoms with Gasteiger partial charge < -0.3 is 15.3 Å². The van der Waals surface area contributed by atoms with Gasteiger partial charge in [0.25, 0.3) is 0 Å². The highest BCUT2D eigenvalue weighted by molar-refractivity contribution is 4.85. The van der Waals surface area contributed by atoms with Crippen LogP contribution in [0.2, 0.25) is 0 Å². The van der Waals surface area contributed by atoms with E-state index in [1.807, 2.05) is 13.8 Å². The number of aliphatic hydroxyl groups is 1. The topological polar surface area (TPSA) is 35.5 Å². The lowest BCUT2D eigenvalue weighted by Crippen LogP contribution is -2.44. The van der Waals surface area contributed by atoms with Crippen LogP contribution >= 0.6 is 0 Å². The van der Waals surface area contributed by atoms with Crippen LogP contribution in [0.4, 0.5) is 0 Å². The van der Waals surface area contributed by atoms with Crippen molar-refractivity contribution in [2.24, 2.45) is 5.41 Å². The maximum absolute atomic E-state index is 9.76. The first-order valence-electron chi connectivity index (χ1n) is 6.32. The molecule has 0 aromatic carbocycles. The van der Waals surface area contributed by atoms with E-state index >= 15 is 0 Å². The predicted molar refractivity (Wildman–Crippen MR) is 68.6 cm³/mol. The molecule has 0 aromatic heterocycles. The molecule has 1 saturated carbocycles. The molecule has 16 heavy (non-hydrogen) atoms. The van der Waals surface area contributed by atoms with Crippen LogP contribution in [0.1, 0.15) is 40.5 Å². The average molecular weight is 228 g/mol. The molecule has 3 heteroatoms. The smallest absolute Gasteiger partial charge is 0.0718 e. The molecule has 96 valence electrons. The molecule has 2 N–H and O–H groups in total. The van der Waals surface area contributed by atoms with Crippen molar-refractivity contribution < 1.29 is 5.11 Å². The number of likely N-dealkylation sites (N-methyl/N-ethyl adjacent to an activating group) is 1. The zero-order valence-electron chi connectivity index (χ0n) is 11.5. The fraction of sp³-hybridized carbons (Fsp3) is 1.00. The van der Waals surface area contributed by atoms with Crippen molar-refractivity contribution in [1.29, 1.82) is 0 Å². The van der Waals surface area contributed by atoms with Crippen molar-refractivity contribution in [3.05, 3.63) is 0 Å². The number of hydrogen-bond donors (Lipinski definition) is 2. The standard InChI is InChI=1S/C13H28N2O/c1-12(2,8-14-11-6-7-11)9-15(5)10-13(3,4)16/h11,14,16H,6-10H2,1-5H3. The maximum Gasteiger partial charge on any atom is 0.0718 e. The summed E-state index contributed by atoms with van der Waals surface area (Å²) >= 11 is 0. The molecule has 0 bridgehead atoms. The minimum absolute atomic E-state index is 0.266. The summed E-state index contributed by atoms with van der Waals surface area (Å²) in [7, 11) is 2.08. The van der Waals surface area contributed by atoms with Crippen LogP contribution in [-0.2, 0) is 0 Å². The summed E-state index contributed by atoms with van der Waals surface area (Å²) in [6, 6.07) is 0.777. The van der Waals surface area contributed by atoms with Gasteiger partial charge >= 0.3 is 0 Å². The first-order valence-corrected chi connectivity index (χ1v) is 6.32. The van der Waals surface area contributed by atoms with Gasteiger partial charge in [0, 0.05) is 25.7 Å². The number of hydrogen-bond acceptors (Lipinski definition) is 3. The Kier molecular flexibility index (Phi) is 4.38. The van der Waals surface area contributed by atoms with Gasteiger partial charge in [-0.15, -0.1) is 0 Å². The van der Waals surface area contributed by atoms with Crippen molar-refractivity contribution in [3.63, 3.8) is 0 Å². The van der Waals surface area contributed by atoms with Crippen LogP contribution in [0, 0.1) is 5.41 Å². The Morgan fingerprint density at radius 1 is 1.19 bits per heavy atom. The second-order valence-corrected chi connectivity index (χ2v) is 6.80. The Morgan fingerprint density at radius 2 is 1.75 bits per heavy atom. The third-order valence-electron chi connectivity index (χ3n) is 2.80. The van der Waals surface area contributed by atoms with E-state index in [0.29, 0.717) is 0 Å². The molecule has 1 aliphatic rings. The van der Waals surface area contributed by atoms with Crippen LogP contribution in [-0.4, -0.2) is 48.3 Å². The van der Waals surface area contributed by atoms with E-state index in [2.05, 4.69) is 31.1 Å². The van der Waals surface area contributed by atoms with Crippen molar-refractivity contribution >= 4 is 0 Å². The molecule has 0 spiro atoms. The summed E-state index contributed by atoms with van der Waals surface area (Å²) in [5.41, 5.74) is -0.336. The predicted octanol–water partition coefficient (Wildman–Crippen LogP) is 1.47. The van der Waals surface area contributed by atoms with Crippen molar-refractivity contribution in [1.82, 2.24) is 10.2 Å². The summed E-state index contributed by atoms with van der Waals surface area (Å²) in [6.07, 6.45) is 2.69. The molecule has 0 atom stereocenters. The minimum Gasteiger partial charge on any atom is -0.389 e. The molecule has 0 aromatic rings. The first-order chi connectivity index (χ1) is 7.18. The van der Waals surface area contributed by atoms with Gasteiger partial charge in [0.15, 0.2) is 0 Å². The summed E-state index contributed by atoms with van der Waals surface area (Å²) < 4.78 is 0. The summed E-state index contributed by atoms with van der Waals surface area (Å²) in [5.74, 6) is 0. The van der Waals surface area contributed by atoms with E-state index in [4.69, 9.17) is 0 Å². The van der Waals surface area contributed by atoms with Crippen molar-refractivity contribution in [3.8, 4) is 0 Å². The highest BCUT2D eigenvalue weighted by atomic mass is 16.3. The lowest BCUT2D eigenvalue weighted by atomic mass is 9.92. The molecule has 0 heterocycles. The van der Waals surface area contributed by atoms with E-state index in [1.165, 1.54) is 12.8 Å². The molecule has 1 fully saturated rings.